The van der Waals surface area contributed by atoms with Crippen molar-refractivity contribution in [3.63, 3.8) is 0 Å². The third-order valence-corrected chi connectivity index (χ3v) is 5.44. The lowest BCUT2D eigenvalue weighted by Gasteiger charge is -2.29. The number of morpholine rings is 1. The number of anilines is 1. The smallest absolute Gasteiger partial charge is 0.268 e. The van der Waals surface area contributed by atoms with Crippen LogP contribution in [0, 0.1) is 19.7 Å². The van der Waals surface area contributed by atoms with E-state index in [1.807, 2.05) is 6.92 Å². The topological polar surface area (TPSA) is 46.5 Å². The summed E-state index contributed by atoms with van der Waals surface area (Å²) < 4.78 is 20.8. The Kier molecular flexibility index (Phi) is 4.91. The lowest BCUT2D eigenvalue weighted by Crippen LogP contribution is -2.36. The molecule has 0 spiro atoms. The van der Waals surface area contributed by atoms with Gasteiger partial charge in [0.25, 0.3) is 5.91 Å². The van der Waals surface area contributed by atoms with Gasteiger partial charge in [-0.25, -0.2) is 4.39 Å². The van der Waals surface area contributed by atoms with Crippen LogP contribution in [0.1, 0.15) is 40.2 Å². The van der Waals surface area contributed by atoms with Crippen molar-refractivity contribution in [2.24, 2.45) is 0 Å². The minimum absolute atomic E-state index is 0.0141. The van der Waals surface area contributed by atoms with E-state index < -0.39 is 0 Å². The number of benzene rings is 1. The molecule has 1 saturated carbocycles. The van der Waals surface area contributed by atoms with Gasteiger partial charge < -0.3 is 19.5 Å². The van der Waals surface area contributed by atoms with Crippen LogP contribution < -0.4 is 10.2 Å². The number of amides is 1. The van der Waals surface area contributed by atoms with Gasteiger partial charge in [0.05, 0.1) is 18.9 Å². The molecule has 1 N–H and O–H groups in total. The van der Waals surface area contributed by atoms with Crippen molar-refractivity contribution >= 4 is 11.6 Å². The number of nitrogens with one attached hydrogen (secondary N) is 1. The van der Waals surface area contributed by atoms with Crippen molar-refractivity contribution in [2.75, 3.05) is 31.2 Å². The second-order valence-corrected chi connectivity index (χ2v) is 7.47. The number of halogens is 1. The first-order valence-electron chi connectivity index (χ1n) is 9.62. The third-order valence-electron chi connectivity index (χ3n) is 5.44. The second kappa shape index (κ2) is 7.35. The molecule has 2 aliphatic rings. The molecule has 144 valence electrons. The summed E-state index contributed by atoms with van der Waals surface area (Å²) >= 11 is 0. The predicted octanol–water partition coefficient (Wildman–Crippen LogP) is 3.02. The van der Waals surface area contributed by atoms with Gasteiger partial charge in [-0.1, -0.05) is 12.1 Å². The molecule has 0 radical (unpaired) electrons. The van der Waals surface area contributed by atoms with Crippen molar-refractivity contribution in [1.29, 1.82) is 0 Å². The fourth-order valence-corrected chi connectivity index (χ4v) is 3.88. The van der Waals surface area contributed by atoms with E-state index in [1.165, 1.54) is 12.1 Å². The number of hydrogen-bond donors (Lipinski definition) is 1. The average Bonchev–Trinajstić information content (AvgIpc) is 3.43. The van der Waals surface area contributed by atoms with Gasteiger partial charge in [0.2, 0.25) is 0 Å². The maximum atomic E-state index is 13.3. The molecule has 0 bridgehead atoms. The largest absolute Gasteiger partial charge is 0.378 e. The standard InChI is InChI=1S/C21H26FN3O2/c1-14-19(24-9-11-27-12-10-24)15(2)25(13-16-3-5-17(22)6-4-16)20(14)21(26)23-18-7-8-18/h3-6,18H,7-13H2,1-2H3,(H,23,26). The highest BCUT2D eigenvalue weighted by atomic mass is 19.1. The van der Waals surface area contributed by atoms with Crippen LogP contribution in [-0.2, 0) is 11.3 Å². The molecule has 2 heterocycles. The molecule has 4 rings (SSSR count). The first-order chi connectivity index (χ1) is 13.0. The quantitative estimate of drug-likeness (QED) is 0.879. The van der Waals surface area contributed by atoms with Crippen molar-refractivity contribution in [2.45, 2.75) is 39.3 Å². The molecule has 1 amide bonds. The molecule has 27 heavy (non-hydrogen) atoms. The van der Waals surface area contributed by atoms with E-state index in [1.54, 1.807) is 12.1 Å². The van der Waals surface area contributed by atoms with Gasteiger partial charge in [-0.3, -0.25) is 4.79 Å². The number of aromatic nitrogens is 1. The highest BCUT2D eigenvalue weighted by Crippen LogP contribution is 2.33. The summed E-state index contributed by atoms with van der Waals surface area (Å²) in [6.45, 7) is 7.69. The van der Waals surface area contributed by atoms with Crippen LogP contribution in [0.5, 0.6) is 0 Å². The minimum Gasteiger partial charge on any atom is -0.378 e. The van der Waals surface area contributed by atoms with Crippen molar-refractivity contribution in [3.8, 4) is 0 Å². The van der Waals surface area contributed by atoms with Gasteiger partial charge >= 0.3 is 0 Å². The van der Waals surface area contributed by atoms with Crippen LogP contribution >= 0.6 is 0 Å². The molecule has 1 aromatic heterocycles. The monoisotopic (exact) mass is 371 g/mol. The number of ether oxygens (including phenoxy) is 1. The van der Waals surface area contributed by atoms with E-state index in [2.05, 4.69) is 21.7 Å². The predicted molar refractivity (Wildman–Crippen MR) is 103 cm³/mol. The number of rotatable bonds is 5. The van der Waals surface area contributed by atoms with Crippen LogP contribution in [0.4, 0.5) is 10.1 Å². The van der Waals surface area contributed by atoms with Gasteiger partial charge in [0.15, 0.2) is 0 Å². The van der Waals surface area contributed by atoms with Gasteiger partial charge in [0, 0.05) is 36.9 Å². The van der Waals surface area contributed by atoms with Crippen LogP contribution in [0.25, 0.3) is 0 Å². The Morgan fingerprint density at radius 3 is 2.48 bits per heavy atom. The summed E-state index contributed by atoms with van der Waals surface area (Å²) in [5, 5.41) is 3.13. The first-order valence-corrected chi connectivity index (χ1v) is 9.62. The number of nitrogens with zero attached hydrogens (tertiary/aromatic N) is 2. The maximum absolute atomic E-state index is 13.3. The summed E-state index contributed by atoms with van der Waals surface area (Å²) in [6.07, 6.45) is 2.11. The Hall–Kier alpha value is -2.34. The molecule has 1 aliphatic heterocycles. The van der Waals surface area contributed by atoms with Crippen LogP contribution in [0.2, 0.25) is 0 Å². The first kappa shape index (κ1) is 18.0. The SMILES string of the molecule is Cc1c(N2CCOCC2)c(C)n(Cc2ccc(F)cc2)c1C(=O)NC1CC1. The normalized spacial score (nSPS) is 17.2. The highest BCUT2D eigenvalue weighted by Gasteiger charge is 2.30. The summed E-state index contributed by atoms with van der Waals surface area (Å²) in [6, 6.07) is 6.79. The van der Waals surface area contributed by atoms with Crippen molar-refractivity contribution in [3.05, 3.63) is 52.6 Å². The molecule has 5 nitrogen and oxygen atoms in total. The molecule has 2 fully saturated rings. The van der Waals surface area contributed by atoms with Crippen molar-refractivity contribution in [1.82, 2.24) is 9.88 Å². The number of hydrogen-bond acceptors (Lipinski definition) is 3. The van der Waals surface area contributed by atoms with Crippen LogP contribution in [0.15, 0.2) is 24.3 Å². The Morgan fingerprint density at radius 2 is 1.85 bits per heavy atom. The molecule has 1 aliphatic carbocycles. The molecule has 6 heteroatoms. The third kappa shape index (κ3) is 3.72. The highest BCUT2D eigenvalue weighted by molar-refractivity contribution is 5.97. The van der Waals surface area contributed by atoms with Gasteiger partial charge in [-0.15, -0.1) is 0 Å². The number of carbonyl (C=O) groups excluding carboxylic acids is 1. The molecular formula is C21H26FN3O2. The molecule has 1 saturated heterocycles. The lowest BCUT2D eigenvalue weighted by atomic mass is 10.2. The molecule has 0 atom stereocenters. The summed E-state index contributed by atoms with van der Waals surface area (Å²) in [5.74, 6) is -0.264. The zero-order chi connectivity index (χ0) is 19.0. The van der Waals surface area contributed by atoms with E-state index in [9.17, 15) is 9.18 Å². The molecule has 2 aromatic rings. The van der Waals surface area contributed by atoms with Gasteiger partial charge in [0.1, 0.15) is 11.5 Å². The van der Waals surface area contributed by atoms with Crippen LogP contribution in [0.3, 0.4) is 0 Å². The van der Waals surface area contributed by atoms with E-state index in [0.717, 1.165) is 48.4 Å². The zero-order valence-corrected chi connectivity index (χ0v) is 15.9. The van der Waals surface area contributed by atoms with Crippen molar-refractivity contribution < 1.29 is 13.9 Å². The van der Waals surface area contributed by atoms with Gasteiger partial charge in [-0.2, -0.15) is 0 Å². The Balaban J connectivity index is 1.73. The molecular weight excluding hydrogens is 345 g/mol. The summed E-state index contributed by atoms with van der Waals surface area (Å²) in [4.78, 5) is 15.3. The fourth-order valence-electron chi connectivity index (χ4n) is 3.88. The second-order valence-electron chi connectivity index (χ2n) is 7.47. The molecule has 1 aromatic carbocycles. The van der Waals surface area contributed by atoms with Gasteiger partial charge in [-0.05, 0) is 44.4 Å². The Morgan fingerprint density at radius 1 is 1.19 bits per heavy atom. The van der Waals surface area contributed by atoms with E-state index in [4.69, 9.17) is 4.74 Å². The maximum Gasteiger partial charge on any atom is 0.268 e. The Labute approximate surface area is 159 Å². The Bertz CT molecular complexity index is 834. The number of carbonyl (C=O) groups is 1. The minimum atomic E-state index is -0.250. The van der Waals surface area contributed by atoms with E-state index in [-0.39, 0.29) is 11.7 Å². The van der Waals surface area contributed by atoms with Crippen LogP contribution in [-0.4, -0.2) is 42.8 Å². The molecule has 0 unspecified atom stereocenters. The fraction of sp³-hybridized carbons (Fsp3) is 0.476. The van der Waals surface area contributed by atoms with E-state index in [0.29, 0.717) is 31.5 Å². The van der Waals surface area contributed by atoms with E-state index >= 15 is 0 Å². The zero-order valence-electron chi connectivity index (χ0n) is 15.9. The lowest BCUT2D eigenvalue weighted by molar-refractivity contribution is 0.0941. The summed E-state index contributed by atoms with van der Waals surface area (Å²) in [7, 11) is 0. The average molecular weight is 371 g/mol. The summed E-state index contributed by atoms with van der Waals surface area (Å²) in [5.41, 5.74) is 4.89.